The number of hydrogen-bond donors (Lipinski definition) is 1. The number of rotatable bonds is 3. The van der Waals surface area contributed by atoms with Gasteiger partial charge >= 0.3 is 6.18 Å². The van der Waals surface area contributed by atoms with Crippen LogP contribution in [0.5, 0.6) is 0 Å². The summed E-state index contributed by atoms with van der Waals surface area (Å²) in [6.45, 7) is 0. The number of nitrogens with one attached hydrogen (secondary N) is 1. The predicted octanol–water partition coefficient (Wildman–Crippen LogP) is 3.78. The first-order valence-electron chi connectivity index (χ1n) is 4.51. The number of anilines is 1. The van der Waals surface area contributed by atoms with Crippen LogP contribution in [0.2, 0.25) is 0 Å². The van der Waals surface area contributed by atoms with Crippen molar-refractivity contribution in [2.24, 2.45) is 0 Å². The molecule has 0 saturated heterocycles. The van der Waals surface area contributed by atoms with Gasteiger partial charge in [-0.2, -0.15) is 13.2 Å². The fourth-order valence-corrected chi connectivity index (χ4v) is 1.80. The second-order valence-corrected chi connectivity index (χ2v) is 3.98. The molecule has 1 N–H and O–H groups in total. The third-order valence-electron chi connectivity index (χ3n) is 1.99. The van der Waals surface area contributed by atoms with Crippen LogP contribution in [-0.2, 0) is 16.3 Å². The van der Waals surface area contributed by atoms with Gasteiger partial charge in [0.25, 0.3) is 0 Å². The molecule has 0 spiro atoms. The average Bonchev–Trinajstić information content (AvgIpc) is 2.27. The number of alkyl halides is 5. The van der Waals surface area contributed by atoms with Gasteiger partial charge in [-0.3, -0.25) is 4.79 Å². The van der Waals surface area contributed by atoms with Gasteiger partial charge in [-0.25, -0.2) is 0 Å². The Morgan fingerprint density at radius 3 is 2.53 bits per heavy atom. The normalized spacial score (nSPS) is 11.4. The number of carbonyl (C=O) groups excluding carboxylic acids is 1. The van der Waals surface area contributed by atoms with Crippen LogP contribution >= 0.6 is 27.5 Å². The molecule has 1 aromatic rings. The molecule has 1 amide bonds. The van der Waals surface area contributed by atoms with Crippen LogP contribution in [0.4, 0.5) is 18.9 Å². The molecule has 7 heteroatoms. The van der Waals surface area contributed by atoms with Crippen molar-refractivity contribution in [2.45, 2.75) is 11.5 Å². The molecule has 0 aliphatic heterocycles. The summed E-state index contributed by atoms with van der Waals surface area (Å²) in [5, 5.41) is 2.37. The van der Waals surface area contributed by atoms with E-state index in [-0.39, 0.29) is 11.0 Å². The minimum Gasteiger partial charge on any atom is -0.324 e. The van der Waals surface area contributed by atoms with Gasteiger partial charge in [0.15, 0.2) is 0 Å². The molecule has 0 fully saturated rings. The number of benzene rings is 1. The fraction of sp³-hybridized carbons (Fsp3) is 0.300. The van der Waals surface area contributed by atoms with Gasteiger partial charge in [-0.05, 0) is 11.6 Å². The lowest BCUT2D eigenvalue weighted by atomic mass is 10.1. The summed E-state index contributed by atoms with van der Waals surface area (Å²) in [4.78, 5) is 11.1. The average molecular weight is 331 g/mol. The lowest BCUT2D eigenvalue weighted by molar-refractivity contribution is -0.137. The van der Waals surface area contributed by atoms with Crippen molar-refractivity contribution in [3.63, 3.8) is 0 Å². The van der Waals surface area contributed by atoms with Crippen molar-refractivity contribution in [3.8, 4) is 0 Å². The van der Waals surface area contributed by atoms with Gasteiger partial charge in [0, 0.05) is 5.33 Å². The van der Waals surface area contributed by atoms with Gasteiger partial charge in [0.05, 0.1) is 11.3 Å². The monoisotopic (exact) mass is 329 g/mol. The molecule has 0 saturated carbocycles. The highest BCUT2D eigenvalue weighted by atomic mass is 79.9. The van der Waals surface area contributed by atoms with Gasteiger partial charge in [-0.1, -0.05) is 28.1 Å². The molecule has 1 aromatic carbocycles. The van der Waals surface area contributed by atoms with Gasteiger partial charge in [-0.15, -0.1) is 11.6 Å². The van der Waals surface area contributed by atoms with Gasteiger partial charge < -0.3 is 5.32 Å². The van der Waals surface area contributed by atoms with Crippen LogP contribution in [0.1, 0.15) is 11.1 Å². The SMILES string of the molecule is O=C(CCl)Nc1c(CBr)cccc1C(F)(F)F. The maximum atomic E-state index is 12.7. The Balaban J connectivity index is 3.26. The summed E-state index contributed by atoms with van der Waals surface area (Å²) in [5.41, 5.74) is -0.784. The first kappa shape index (κ1) is 14.3. The Kier molecular flexibility index (Phi) is 4.82. The third kappa shape index (κ3) is 3.61. The molecule has 17 heavy (non-hydrogen) atoms. The molecule has 0 aliphatic carbocycles. The fourth-order valence-electron chi connectivity index (χ4n) is 1.27. The second-order valence-electron chi connectivity index (χ2n) is 3.15. The molecular formula is C10H8BrClF3NO. The Hall–Kier alpha value is -0.750. The van der Waals surface area contributed by atoms with Crippen molar-refractivity contribution in [1.29, 1.82) is 0 Å². The highest BCUT2D eigenvalue weighted by Crippen LogP contribution is 2.37. The van der Waals surface area contributed by atoms with Gasteiger partial charge in [0.2, 0.25) is 5.91 Å². The van der Waals surface area contributed by atoms with E-state index in [4.69, 9.17) is 11.6 Å². The minimum absolute atomic E-state index is 0.203. The van der Waals surface area contributed by atoms with E-state index in [1.165, 1.54) is 12.1 Å². The molecule has 0 aliphatic rings. The van der Waals surface area contributed by atoms with Crippen LogP contribution in [0.25, 0.3) is 0 Å². The maximum absolute atomic E-state index is 12.7. The minimum atomic E-state index is -4.52. The predicted molar refractivity (Wildman–Crippen MR) is 63.4 cm³/mol. The van der Waals surface area contributed by atoms with Crippen molar-refractivity contribution < 1.29 is 18.0 Å². The van der Waals surface area contributed by atoms with Crippen LogP contribution < -0.4 is 5.32 Å². The van der Waals surface area contributed by atoms with Crippen molar-refractivity contribution >= 4 is 39.1 Å². The van der Waals surface area contributed by atoms with Gasteiger partial charge in [0.1, 0.15) is 5.88 Å². The zero-order valence-corrected chi connectivity index (χ0v) is 10.8. The summed E-state index contributed by atoms with van der Waals surface area (Å²) in [5.74, 6) is -1.07. The lowest BCUT2D eigenvalue weighted by Crippen LogP contribution is -2.18. The second kappa shape index (κ2) is 5.73. The van der Waals surface area contributed by atoms with Crippen LogP contribution in [-0.4, -0.2) is 11.8 Å². The maximum Gasteiger partial charge on any atom is 0.418 e. The van der Waals surface area contributed by atoms with E-state index in [1.54, 1.807) is 0 Å². The Morgan fingerprint density at radius 1 is 1.41 bits per heavy atom. The van der Waals surface area contributed by atoms with E-state index in [1.807, 2.05) is 0 Å². The number of carbonyl (C=O) groups is 1. The molecule has 0 radical (unpaired) electrons. The molecular weight excluding hydrogens is 322 g/mol. The summed E-state index contributed by atoms with van der Waals surface area (Å²) in [6.07, 6.45) is -4.52. The smallest absolute Gasteiger partial charge is 0.324 e. The highest BCUT2D eigenvalue weighted by Gasteiger charge is 2.34. The summed E-state index contributed by atoms with van der Waals surface area (Å²) >= 11 is 8.33. The first-order valence-corrected chi connectivity index (χ1v) is 6.16. The number of halogens is 5. The Morgan fingerprint density at radius 2 is 2.06 bits per heavy atom. The zero-order chi connectivity index (χ0) is 13.1. The number of amides is 1. The summed E-state index contributed by atoms with van der Waals surface area (Å²) in [7, 11) is 0. The van der Waals surface area contributed by atoms with Crippen LogP contribution in [0, 0.1) is 0 Å². The van der Waals surface area contributed by atoms with Crippen molar-refractivity contribution in [2.75, 3.05) is 11.2 Å². The lowest BCUT2D eigenvalue weighted by Gasteiger charge is -2.16. The molecule has 0 unspecified atom stereocenters. The van der Waals surface area contributed by atoms with E-state index >= 15 is 0 Å². The van der Waals surface area contributed by atoms with E-state index < -0.39 is 23.5 Å². The molecule has 1 rings (SSSR count). The number of hydrogen-bond acceptors (Lipinski definition) is 1. The Labute approximate surface area is 109 Å². The quantitative estimate of drug-likeness (QED) is 0.840. The summed E-state index contributed by atoms with van der Waals surface area (Å²) < 4.78 is 38.2. The highest BCUT2D eigenvalue weighted by molar-refractivity contribution is 9.08. The largest absolute Gasteiger partial charge is 0.418 e. The van der Waals surface area contributed by atoms with Crippen LogP contribution in [0.3, 0.4) is 0 Å². The summed E-state index contributed by atoms with van der Waals surface area (Å²) in [6, 6.07) is 3.69. The van der Waals surface area contributed by atoms with Crippen molar-refractivity contribution in [3.05, 3.63) is 29.3 Å². The molecule has 0 heterocycles. The zero-order valence-electron chi connectivity index (χ0n) is 8.44. The van der Waals surface area contributed by atoms with Crippen molar-refractivity contribution in [1.82, 2.24) is 0 Å². The molecule has 0 aromatic heterocycles. The standard InChI is InChI=1S/C10H8BrClF3NO/c11-4-6-2-1-3-7(10(13,14)15)9(6)16-8(17)5-12/h1-3H,4-5H2,(H,16,17). The van der Waals surface area contributed by atoms with E-state index in [0.717, 1.165) is 6.07 Å². The number of para-hydroxylation sites is 1. The van der Waals surface area contributed by atoms with E-state index in [9.17, 15) is 18.0 Å². The molecule has 0 bridgehead atoms. The van der Waals surface area contributed by atoms with E-state index in [0.29, 0.717) is 5.56 Å². The third-order valence-corrected chi connectivity index (χ3v) is 2.83. The Bertz CT molecular complexity index is 423. The molecule has 2 nitrogen and oxygen atoms in total. The van der Waals surface area contributed by atoms with E-state index in [2.05, 4.69) is 21.2 Å². The molecule has 0 atom stereocenters. The topological polar surface area (TPSA) is 29.1 Å². The van der Waals surface area contributed by atoms with Crippen LogP contribution in [0.15, 0.2) is 18.2 Å². The molecule has 94 valence electrons. The first-order chi connectivity index (χ1) is 7.90.